The van der Waals surface area contributed by atoms with Crippen LogP contribution in [0.5, 0.6) is 0 Å². The predicted octanol–water partition coefficient (Wildman–Crippen LogP) is 4.98. The van der Waals surface area contributed by atoms with Crippen molar-refractivity contribution in [3.63, 3.8) is 0 Å². The number of benzene rings is 2. The largest absolute Gasteiger partial charge is 0.333 e. The molecule has 2 heterocycles. The van der Waals surface area contributed by atoms with Crippen molar-refractivity contribution < 1.29 is 0 Å². The lowest BCUT2D eigenvalue weighted by atomic mass is 9.91. The van der Waals surface area contributed by atoms with E-state index in [4.69, 9.17) is 28.9 Å². The fraction of sp³-hybridized carbons (Fsp3) is 0.136. The summed E-state index contributed by atoms with van der Waals surface area (Å²) in [6, 6.07) is 24.0. The summed E-state index contributed by atoms with van der Waals surface area (Å²) in [7, 11) is 0. The molecule has 1 aliphatic heterocycles. The van der Waals surface area contributed by atoms with Gasteiger partial charge in [-0.3, -0.25) is 5.01 Å². The molecule has 1 aromatic heterocycles. The highest BCUT2D eigenvalue weighted by Crippen LogP contribution is 2.29. The van der Waals surface area contributed by atoms with Crippen molar-refractivity contribution in [1.29, 1.82) is 0 Å². The molecule has 28 heavy (non-hydrogen) atoms. The van der Waals surface area contributed by atoms with E-state index in [1.807, 2.05) is 53.5 Å². The molecule has 2 aromatic carbocycles. The second-order valence-electron chi connectivity index (χ2n) is 6.57. The van der Waals surface area contributed by atoms with Crippen molar-refractivity contribution in [2.45, 2.75) is 5.92 Å². The maximum absolute atomic E-state index is 6.06. The van der Waals surface area contributed by atoms with Gasteiger partial charge in [0.25, 0.3) is 0 Å². The highest BCUT2D eigenvalue weighted by molar-refractivity contribution is 7.80. The Labute approximate surface area is 174 Å². The molecule has 0 amide bonds. The lowest BCUT2D eigenvalue weighted by molar-refractivity contribution is 0.355. The normalized spacial score (nSPS) is 16.0. The van der Waals surface area contributed by atoms with E-state index in [1.165, 1.54) is 5.56 Å². The van der Waals surface area contributed by atoms with Crippen LogP contribution in [-0.2, 0) is 0 Å². The van der Waals surface area contributed by atoms with Gasteiger partial charge in [0.1, 0.15) is 10.8 Å². The molecule has 4 nitrogen and oxygen atoms in total. The number of anilines is 1. The van der Waals surface area contributed by atoms with Crippen LogP contribution >= 0.6 is 23.8 Å². The molecule has 1 unspecified atom stereocenters. The topological polar surface area (TPSA) is 40.5 Å². The zero-order chi connectivity index (χ0) is 19.3. The van der Waals surface area contributed by atoms with Gasteiger partial charge >= 0.3 is 0 Å². The standard InChI is InChI=1S/C22H19ClN4S/c23-18-11-9-17(10-12-18)22-19(16-6-2-1-3-7-16)14-27(26-22)15-21(28)25-20-8-4-5-13-24-20/h1-13,19H,14-15H2,(H,24,25,28). The molecule has 0 aliphatic carbocycles. The van der Waals surface area contributed by atoms with Gasteiger partial charge < -0.3 is 5.32 Å². The first-order valence-corrected chi connectivity index (χ1v) is 9.83. The number of hydrogen-bond acceptors (Lipinski definition) is 4. The molecule has 1 N–H and O–H groups in total. The molecule has 0 bridgehead atoms. The number of hydrogen-bond donors (Lipinski definition) is 1. The van der Waals surface area contributed by atoms with Gasteiger partial charge in [0.2, 0.25) is 0 Å². The van der Waals surface area contributed by atoms with Crippen LogP contribution < -0.4 is 5.32 Å². The van der Waals surface area contributed by atoms with E-state index in [0.717, 1.165) is 28.7 Å². The number of aromatic nitrogens is 1. The van der Waals surface area contributed by atoms with Gasteiger partial charge in [0, 0.05) is 23.7 Å². The summed E-state index contributed by atoms with van der Waals surface area (Å²) in [4.78, 5) is 4.95. The minimum atomic E-state index is 0.181. The van der Waals surface area contributed by atoms with Gasteiger partial charge in [0.05, 0.1) is 12.3 Å². The molecule has 6 heteroatoms. The fourth-order valence-corrected chi connectivity index (χ4v) is 3.65. The molecule has 0 saturated heterocycles. The minimum Gasteiger partial charge on any atom is -0.333 e. The lowest BCUT2D eigenvalue weighted by Gasteiger charge is -2.17. The van der Waals surface area contributed by atoms with E-state index in [-0.39, 0.29) is 5.92 Å². The summed E-state index contributed by atoms with van der Waals surface area (Å²) in [5.41, 5.74) is 3.34. The van der Waals surface area contributed by atoms with Crippen LogP contribution in [0.15, 0.2) is 84.1 Å². The molecule has 1 aliphatic rings. The van der Waals surface area contributed by atoms with Crippen LogP contribution in [0.4, 0.5) is 5.82 Å². The van der Waals surface area contributed by atoms with Crippen LogP contribution in [0.25, 0.3) is 0 Å². The van der Waals surface area contributed by atoms with E-state index in [0.29, 0.717) is 11.5 Å². The second-order valence-corrected chi connectivity index (χ2v) is 7.49. The minimum absolute atomic E-state index is 0.181. The van der Waals surface area contributed by atoms with Crippen molar-refractivity contribution in [2.75, 3.05) is 18.4 Å². The molecule has 0 fully saturated rings. The Morgan fingerprint density at radius 2 is 1.79 bits per heavy atom. The third kappa shape index (κ3) is 4.38. The maximum Gasteiger partial charge on any atom is 0.130 e. The molecule has 0 radical (unpaired) electrons. The van der Waals surface area contributed by atoms with Crippen LogP contribution in [0.3, 0.4) is 0 Å². The third-order valence-corrected chi connectivity index (χ3v) is 5.06. The van der Waals surface area contributed by atoms with Gasteiger partial charge in [-0.1, -0.05) is 72.3 Å². The van der Waals surface area contributed by atoms with E-state index in [1.54, 1.807) is 6.20 Å². The Balaban J connectivity index is 1.55. The van der Waals surface area contributed by atoms with Crippen molar-refractivity contribution in [1.82, 2.24) is 9.99 Å². The molecule has 140 valence electrons. The molecular formula is C22H19ClN4S. The summed E-state index contributed by atoms with van der Waals surface area (Å²) in [6.45, 7) is 1.30. The van der Waals surface area contributed by atoms with Crippen molar-refractivity contribution >= 4 is 40.3 Å². The first-order chi connectivity index (χ1) is 13.7. The number of halogens is 1. The third-order valence-electron chi connectivity index (χ3n) is 4.57. The number of rotatable bonds is 5. The molecule has 1 atom stereocenters. The molecule has 3 aromatic rings. The van der Waals surface area contributed by atoms with E-state index in [9.17, 15) is 0 Å². The van der Waals surface area contributed by atoms with Gasteiger partial charge in [-0.05, 0) is 35.4 Å². The van der Waals surface area contributed by atoms with Crippen LogP contribution in [0.2, 0.25) is 5.02 Å². The highest BCUT2D eigenvalue weighted by atomic mass is 35.5. The Bertz CT molecular complexity index is 974. The summed E-state index contributed by atoms with van der Waals surface area (Å²) in [5, 5.41) is 10.8. The number of pyridine rings is 1. The molecular weight excluding hydrogens is 388 g/mol. The van der Waals surface area contributed by atoms with Gasteiger partial charge in [-0.2, -0.15) is 5.10 Å². The summed E-state index contributed by atoms with van der Waals surface area (Å²) in [6.07, 6.45) is 1.74. The van der Waals surface area contributed by atoms with Gasteiger partial charge in [-0.25, -0.2) is 4.98 Å². The van der Waals surface area contributed by atoms with Crippen molar-refractivity contribution in [3.05, 3.63) is 95.1 Å². The van der Waals surface area contributed by atoms with Crippen LogP contribution in [0.1, 0.15) is 17.0 Å². The quantitative estimate of drug-likeness (QED) is 0.607. The second kappa shape index (κ2) is 8.50. The average molecular weight is 407 g/mol. The Morgan fingerprint density at radius 3 is 2.50 bits per heavy atom. The maximum atomic E-state index is 6.06. The van der Waals surface area contributed by atoms with E-state index >= 15 is 0 Å². The monoisotopic (exact) mass is 406 g/mol. The zero-order valence-electron chi connectivity index (χ0n) is 15.1. The van der Waals surface area contributed by atoms with Crippen molar-refractivity contribution in [2.24, 2.45) is 5.10 Å². The lowest BCUT2D eigenvalue weighted by Crippen LogP contribution is -2.28. The predicted molar refractivity (Wildman–Crippen MR) is 119 cm³/mol. The zero-order valence-corrected chi connectivity index (χ0v) is 16.7. The van der Waals surface area contributed by atoms with Crippen LogP contribution in [0, 0.1) is 0 Å². The first kappa shape index (κ1) is 18.6. The molecule has 0 spiro atoms. The first-order valence-electron chi connectivity index (χ1n) is 9.04. The van der Waals surface area contributed by atoms with E-state index in [2.05, 4.69) is 34.6 Å². The number of hydrazone groups is 1. The SMILES string of the molecule is S=C(CN1CC(c2ccccc2)C(c2ccc(Cl)cc2)=N1)Nc1ccccn1. The Morgan fingerprint density at radius 1 is 1.04 bits per heavy atom. The average Bonchev–Trinajstić information content (AvgIpc) is 3.13. The van der Waals surface area contributed by atoms with Gasteiger partial charge in [0.15, 0.2) is 0 Å². The summed E-state index contributed by atoms with van der Waals surface area (Å²) >= 11 is 11.6. The van der Waals surface area contributed by atoms with Gasteiger partial charge in [-0.15, -0.1) is 0 Å². The Kier molecular flexibility index (Phi) is 5.65. The van der Waals surface area contributed by atoms with Crippen LogP contribution in [-0.4, -0.2) is 33.8 Å². The number of thiocarbonyl (C=S) groups is 1. The van der Waals surface area contributed by atoms with E-state index < -0.39 is 0 Å². The number of nitrogens with one attached hydrogen (secondary N) is 1. The highest BCUT2D eigenvalue weighted by Gasteiger charge is 2.29. The summed E-state index contributed by atoms with van der Waals surface area (Å²) < 4.78 is 0. The smallest absolute Gasteiger partial charge is 0.130 e. The fourth-order valence-electron chi connectivity index (χ4n) is 3.27. The number of nitrogens with zero attached hydrogens (tertiary/aromatic N) is 3. The summed E-state index contributed by atoms with van der Waals surface area (Å²) in [5.74, 6) is 0.924. The van der Waals surface area contributed by atoms with Crippen molar-refractivity contribution in [3.8, 4) is 0 Å². The Hall–Kier alpha value is -2.76. The molecule has 4 rings (SSSR count). The molecule has 0 saturated carbocycles.